The molecular weight excluding hydrogens is 190 g/mol. The van der Waals surface area contributed by atoms with E-state index in [0.29, 0.717) is 0 Å². The van der Waals surface area contributed by atoms with Gasteiger partial charge in [-0.2, -0.15) is 5.10 Å². The minimum absolute atomic E-state index is 0.0705. The van der Waals surface area contributed by atoms with E-state index >= 15 is 0 Å². The number of amides is 1. The quantitative estimate of drug-likeness (QED) is 0.753. The molecule has 0 N–H and O–H groups in total. The van der Waals surface area contributed by atoms with Crippen molar-refractivity contribution in [3.8, 4) is 0 Å². The Morgan fingerprint density at radius 2 is 2.27 bits per heavy atom. The molecule has 0 fully saturated rings. The van der Waals surface area contributed by atoms with Crippen LogP contribution < -0.4 is 0 Å². The second-order valence-corrected chi connectivity index (χ2v) is 3.95. The lowest BCUT2D eigenvalue weighted by atomic mass is 10.3. The summed E-state index contributed by atoms with van der Waals surface area (Å²) in [6.07, 6.45) is 3.92. The molecule has 0 aromatic carbocycles. The Morgan fingerprint density at radius 3 is 2.80 bits per heavy atom. The van der Waals surface area contributed by atoms with E-state index in [1.807, 2.05) is 19.2 Å². The van der Waals surface area contributed by atoms with Crippen molar-refractivity contribution in [1.82, 2.24) is 14.7 Å². The molecule has 1 amide bonds. The molecule has 0 aliphatic heterocycles. The van der Waals surface area contributed by atoms with E-state index in [0.717, 1.165) is 18.5 Å². The largest absolute Gasteiger partial charge is 0.347 e. The summed E-state index contributed by atoms with van der Waals surface area (Å²) in [4.78, 5) is 13.3. The maximum absolute atomic E-state index is 11.7. The van der Waals surface area contributed by atoms with Gasteiger partial charge in [0, 0.05) is 20.3 Å². The van der Waals surface area contributed by atoms with E-state index in [2.05, 4.69) is 12.0 Å². The van der Waals surface area contributed by atoms with Crippen molar-refractivity contribution in [2.75, 3.05) is 14.1 Å². The van der Waals surface area contributed by atoms with Crippen LogP contribution in [0.2, 0.25) is 0 Å². The molecule has 4 nitrogen and oxygen atoms in total. The van der Waals surface area contributed by atoms with Crippen LogP contribution in [0.25, 0.3) is 0 Å². The Balaban J connectivity index is 2.73. The summed E-state index contributed by atoms with van der Waals surface area (Å²) in [5.41, 5.74) is 1.05. The third kappa shape index (κ3) is 2.81. The maximum Gasteiger partial charge on any atom is 0.246 e. The second-order valence-electron chi connectivity index (χ2n) is 3.95. The van der Waals surface area contributed by atoms with Crippen molar-refractivity contribution in [3.05, 3.63) is 18.0 Å². The van der Waals surface area contributed by atoms with Gasteiger partial charge in [-0.25, -0.2) is 0 Å². The standard InChI is InChI=1S/C11H19N3O/c1-5-6-10-7-8-14(12-10)9(2)11(15)13(3)4/h7-9H,5-6H2,1-4H3. The lowest BCUT2D eigenvalue weighted by Gasteiger charge is -2.16. The predicted octanol–water partition coefficient (Wildman–Crippen LogP) is 1.48. The van der Waals surface area contributed by atoms with Crippen molar-refractivity contribution < 1.29 is 4.79 Å². The highest BCUT2D eigenvalue weighted by molar-refractivity contribution is 5.79. The number of aryl methyl sites for hydroxylation is 1. The molecule has 0 saturated heterocycles. The Hall–Kier alpha value is -1.32. The van der Waals surface area contributed by atoms with E-state index in [1.54, 1.807) is 23.7 Å². The van der Waals surface area contributed by atoms with Crippen molar-refractivity contribution in [2.24, 2.45) is 0 Å². The van der Waals surface area contributed by atoms with Gasteiger partial charge in [-0.3, -0.25) is 9.48 Å². The van der Waals surface area contributed by atoms with Crippen LogP contribution in [0.1, 0.15) is 32.0 Å². The number of rotatable bonds is 4. The molecule has 15 heavy (non-hydrogen) atoms. The minimum Gasteiger partial charge on any atom is -0.347 e. The zero-order valence-electron chi connectivity index (χ0n) is 9.90. The zero-order chi connectivity index (χ0) is 11.4. The molecule has 1 heterocycles. The number of likely N-dealkylation sites (N-methyl/N-ethyl adjacent to an activating group) is 1. The molecule has 0 saturated carbocycles. The summed E-state index contributed by atoms with van der Waals surface area (Å²) >= 11 is 0. The molecule has 0 aliphatic rings. The zero-order valence-corrected chi connectivity index (χ0v) is 9.90. The van der Waals surface area contributed by atoms with Gasteiger partial charge in [0.15, 0.2) is 0 Å². The van der Waals surface area contributed by atoms with Crippen LogP contribution in [-0.4, -0.2) is 34.7 Å². The highest BCUT2D eigenvalue weighted by atomic mass is 16.2. The van der Waals surface area contributed by atoms with Crippen molar-refractivity contribution in [1.29, 1.82) is 0 Å². The fourth-order valence-electron chi connectivity index (χ4n) is 1.47. The fourth-order valence-corrected chi connectivity index (χ4v) is 1.47. The summed E-state index contributed by atoms with van der Waals surface area (Å²) in [6.45, 7) is 3.98. The number of nitrogens with zero attached hydrogens (tertiary/aromatic N) is 3. The highest BCUT2D eigenvalue weighted by Crippen LogP contribution is 2.09. The van der Waals surface area contributed by atoms with E-state index in [-0.39, 0.29) is 11.9 Å². The fraction of sp³-hybridized carbons (Fsp3) is 0.636. The third-order valence-corrected chi connectivity index (χ3v) is 2.36. The summed E-state index contributed by atoms with van der Waals surface area (Å²) in [7, 11) is 3.52. The van der Waals surface area contributed by atoms with E-state index < -0.39 is 0 Å². The van der Waals surface area contributed by atoms with Crippen LogP contribution in [0.5, 0.6) is 0 Å². The molecule has 84 valence electrons. The number of hydrogen-bond acceptors (Lipinski definition) is 2. The van der Waals surface area contributed by atoms with Gasteiger partial charge in [-0.15, -0.1) is 0 Å². The summed E-state index contributed by atoms with van der Waals surface area (Å²) in [6, 6.07) is 1.76. The molecule has 4 heteroatoms. The van der Waals surface area contributed by atoms with Crippen LogP contribution in [0.15, 0.2) is 12.3 Å². The summed E-state index contributed by atoms with van der Waals surface area (Å²) < 4.78 is 1.73. The van der Waals surface area contributed by atoms with Crippen molar-refractivity contribution >= 4 is 5.91 Å². The van der Waals surface area contributed by atoms with E-state index in [1.165, 1.54) is 0 Å². The van der Waals surface area contributed by atoms with Gasteiger partial charge in [-0.1, -0.05) is 13.3 Å². The first-order chi connectivity index (χ1) is 7.06. The van der Waals surface area contributed by atoms with Crippen molar-refractivity contribution in [3.63, 3.8) is 0 Å². The van der Waals surface area contributed by atoms with Gasteiger partial charge in [-0.05, 0) is 19.4 Å². The van der Waals surface area contributed by atoms with Crippen LogP contribution in [0, 0.1) is 0 Å². The minimum atomic E-state index is -0.217. The molecular formula is C11H19N3O. The molecule has 1 atom stereocenters. The van der Waals surface area contributed by atoms with Crippen LogP contribution in [-0.2, 0) is 11.2 Å². The highest BCUT2D eigenvalue weighted by Gasteiger charge is 2.17. The lowest BCUT2D eigenvalue weighted by Crippen LogP contribution is -2.30. The molecule has 0 spiro atoms. The monoisotopic (exact) mass is 209 g/mol. The lowest BCUT2D eigenvalue weighted by molar-refractivity contribution is -0.131. The first-order valence-electron chi connectivity index (χ1n) is 5.31. The van der Waals surface area contributed by atoms with E-state index in [9.17, 15) is 4.79 Å². The molecule has 1 aromatic heterocycles. The topological polar surface area (TPSA) is 38.1 Å². The molecule has 0 radical (unpaired) electrons. The maximum atomic E-state index is 11.7. The number of carbonyl (C=O) groups excluding carboxylic acids is 1. The van der Waals surface area contributed by atoms with Gasteiger partial charge in [0.1, 0.15) is 6.04 Å². The first-order valence-corrected chi connectivity index (χ1v) is 5.31. The summed E-state index contributed by atoms with van der Waals surface area (Å²) in [5, 5.41) is 4.37. The van der Waals surface area contributed by atoms with Gasteiger partial charge in [0.05, 0.1) is 5.69 Å². The second kappa shape index (κ2) is 4.96. The smallest absolute Gasteiger partial charge is 0.246 e. The molecule has 1 unspecified atom stereocenters. The van der Waals surface area contributed by atoms with E-state index in [4.69, 9.17) is 0 Å². The molecule has 0 aliphatic carbocycles. The Bertz CT molecular complexity index is 330. The molecule has 1 rings (SSSR count). The van der Waals surface area contributed by atoms with Gasteiger partial charge in [0.2, 0.25) is 5.91 Å². The Labute approximate surface area is 90.9 Å². The van der Waals surface area contributed by atoms with Crippen LogP contribution in [0.4, 0.5) is 0 Å². The third-order valence-electron chi connectivity index (χ3n) is 2.36. The SMILES string of the molecule is CCCc1ccn(C(C)C(=O)N(C)C)n1. The first kappa shape index (κ1) is 11.8. The van der Waals surface area contributed by atoms with Crippen molar-refractivity contribution in [2.45, 2.75) is 32.7 Å². The van der Waals surface area contributed by atoms with Gasteiger partial charge in [0.25, 0.3) is 0 Å². The Kier molecular flexibility index (Phi) is 3.88. The number of hydrogen-bond donors (Lipinski definition) is 0. The number of carbonyl (C=O) groups is 1. The predicted molar refractivity (Wildman–Crippen MR) is 59.6 cm³/mol. The molecule has 0 bridgehead atoms. The van der Waals surface area contributed by atoms with Gasteiger partial charge < -0.3 is 4.90 Å². The average molecular weight is 209 g/mol. The van der Waals surface area contributed by atoms with Crippen LogP contribution in [0.3, 0.4) is 0 Å². The summed E-state index contributed by atoms with van der Waals surface area (Å²) in [5.74, 6) is 0.0705. The normalized spacial score (nSPS) is 12.5. The number of aromatic nitrogens is 2. The molecule has 1 aromatic rings. The van der Waals surface area contributed by atoms with Gasteiger partial charge >= 0.3 is 0 Å². The Morgan fingerprint density at radius 1 is 1.60 bits per heavy atom. The van der Waals surface area contributed by atoms with Crippen LogP contribution >= 0.6 is 0 Å². The average Bonchev–Trinajstić information content (AvgIpc) is 2.64.